The van der Waals surface area contributed by atoms with E-state index >= 15 is 0 Å². The van der Waals surface area contributed by atoms with Gasteiger partial charge in [0.1, 0.15) is 12.2 Å². The van der Waals surface area contributed by atoms with Crippen molar-refractivity contribution in [2.75, 3.05) is 12.3 Å². The fourth-order valence-electron chi connectivity index (χ4n) is 2.33. The first kappa shape index (κ1) is 14.1. The molecule has 1 aliphatic heterocycles. The highest BCUT2D eigenvalue weighted by molar-refractivity contribution is 8.14. The normalized spacial score (nSPS) is 19.9. The largest absolute Gasteiger partial charge is 0.361 e. The van der Waals surface area contributed by atoms with Gasteiger partial charge in [0.25, 0.3) is 0 Å². The Balaban J connectivity index is 1.48. The topological polar surface area (TPSA) is 55.1 Å². The molecule has 110 valence electrons. The number of nitrogens with one attached hydrogen (secondary N) is 1. The van der Waals surface area contributed by atoms with Gasteiger partial charge in [-0.15, -0.1) is 10.2 Å². The number of nitrogens with zero attached hydrogens (tertiary/aromatic N) is 4. The Bertz CT molecular complexity index is 608. The van der Waals surface area contributed by atoms with Crippen molar-refractivity contribution in [2.24, 2.45) is 12.0 Å². The number of aliphatic imine (C=N–C) groups is 1. The van der Waals surface area contributed by atoms with Crippen LogP contribution in [0.2, 0.25) is 0 Å². The molecule has 1 N–H and O–H groups in total. The minimum absolute atomic E-state index is 0.478. The lowest BCUT2D eigenvalue weighted by Crippen LogP contribution is -2.29. The van der Waals surface area contributed by atoms with Crippen molar-refractivity contribution >= 4 is 16.9 Å². The first-order valence-electron chi connectivity index (χ1n) is 7.12. The van der Waals surface area contributed by atoms with Crippen LogP contribution in [0.1, 0.15) is 11.4 Å². The second kappa shape index (κ2) is 6.76. The molecule has 1 unspecified atom stereocenters. The lowest BCUT2D eigenvalue weighted by molar-refractivity contribution is 0.685. The monoisotopic (exact) mass is 301 g/mol. The Kier molecular flexibility index (Phi) is 4.55. The number of thioether (sulfide) groups is 1. The van der Waals surface area contributed by atoms with Gasteiger partial charge in [-0.05, 0) is 12.0 Å². The van der Waals surface area contributed by atoms with Crippen LogP contribution in [0.4, 0.5) is 0 Å². The van der Waals surface area contributed by atoms with Crippen molar-refractivity contribution in [1.29, 1.82) is 0 Å². The Labute approximate surface area is 128 Å². The van der Waals surface area contributed by atoms with Gasteiger partial charge in [0.15, 0.2) is 5.17 Å². The molecular weight excluding hydrogens is 282 g/mol. The molecule has 1 aromatic heterocycles. The van der Waals surface area contributed by atoms with Crippen LogP contribution >= 0.6 is 11.8 Å². The van der Waals surface area contributed by atoms with Crippen molar-refractivity contribution < 1.29 is 0 Å². The zero-order valence-electron chi connectivity index (χ0n) is 12.1. The number of amidine groups is 1. The van der Waals surface area contributed by atoms with Gasteiger partial charge in [-0.25, -0.2) is 0 Å². The van der Waals surface area contributed by atoms with E-state index in [1.165, 1.54) is 5.56 Å². The molecule has 0 aliphatic carbocycles. The van der Waals surface area contributed by atoms with Crippen LogP contribution in [0.25, 0.3) is 0 Å². The second-order valence-corrected chi connectivity index (χ2v) is 6.15. The number of aromatic nitrogens is 3. The van der Waals surface area contributed by atoms with Gasteiger partial charge < -0.3 is 9.88 Å². The fraction of sp³-hybridized carbons (Fsp3) is 0.400. The highest BCUT2D eigenvalue weighted by atomic mass is 32.2. The molecule has 0 saturated carbocycles. The molecule has 1 saturated heterocycles. The molecule has 1 fully saturated rings. The van der Waals surface area contributed by atoms with Gasteiger partial charge in [0, 0.05) is 31.8 Å². The van der Waals surface area contributed by atoms with E-state index in [1.54, 1.807) is 6.33 Å². The molecule has 5 nitrogen and oxygen atoms in total. The summed E-state index contributed by atoms with van der Waals surface area (Å²) < 4.78 is 1.94. The molecule has 2 aromatic rings. The highest BCUT2D eigenvalue weighted by Crippen LogP contribution is 2.17. The predicted octanol–water partition coefficient (Wildman–Crippen LogP) is 1.66. The molecule has 0 spiro atoms. The van der Waals surface area contributed by atoms with E-state index in [0.29, 0.717) is 6.04 Å². The zero-order valence-corrected chi connectivity index (χ0v) is 12.9. The van der Waals surface area contributed by atoms with Crippen LogP contribution in [0, 0.1) is 0 Å². The van der Waals surface area contributed by atoms with Crippen LogP contribution in [0.3, 0.4) is 0 Å². The Morgan fingerprint density at radius 2 is 2.24 bits per heavy atom. The molecular formula is C15H19N5S. The van der Waals surface area contributed by atoms with E-state index in [2.05, 4.69) is 50.8 Å². The van der Waals surface area contributed by atoms with Crippen molar-refractivity contribution in [3.63, 3.8) is 0 Å². The minimum Gasteiger partial charge on any atom is -0.361 e. The van der Waals surface area contributed by atoms with E-state index < -0.39 is 0 Å². The molecule has 0 bridgehead atoms. The quantitative estimate of drug-likeness (QED) is 0.912. The Hall–Kier alpha value is -1.82. The van der Waals surface area contributed by atoms with Crippen molar-refractivity contribution in [3.05, 3.63) is 48.0 Å². The third-order valence-electron chi connectivity index (χ3n) is 3.47. The maximum atomic E-state index is 4.62. The van der Waals surface area contributed by atoms with Crippen LogP contribution in [0.5, 0.6) is 0 Å². The predicted molar refractivity (Wildman–Crippen MR) is 86.5 cm³/mol. The smallest absolute Gasteiger partial charge is 0.156 e. The van der Waals surface area contributed by atoms with E-state index in [4.69, 9.17) is 0 Å². The lowest BCUT2D eigenvalue weighted by atomic mass is 10.1. The second-order valence-electron chi connectivity index (χ2n) is 5.14. The summed E-state index contributed by atoms with van der Waals surface area (Å²) in [6.07, 6.45) is 3.60. The average Bonchev–Trinajstić information content (AvgIpc) is 3.10. The minimum atomic E-state index is 0.478. The van der Waals surface area contributed by atoms with Gasteiger partial charge in [-0.2, -0.15) is 0 Å². The Morgan fingerprint density at radius 3 is 3.00 bits per heavy atom. The zero-order chi connectivity index (χ0) is 14.5. The molecule has 0 radical (unpaired) electrons. The van der Waals surface area contributed by atoms with Gasteiger partial charge in [-0.1, -0.05) is 42.1 Å². The molecule has 3 rings (SSSR count). The van der Waals surface area contributed by atoms with Crippen LogP contribution in [0.15, 0.2) is 41.7 Å². The molecule has 1 aromatic carbocycles. The number of benzene rings is 1. The molecule has 6 heteroatoms. The van der Waals surface area contributed by atoms with Gasteiger partial charge in [0.2, 0.25) is 0 Å². The van der Waals surface area contributed by atoms with Crippen LogP contribution < -0.4 is 5.32 Å². The number of hydrogen-bond donors (Lipinski definition) is 1. The summed E-state index contributed by atoms with van der Waals surface area (Å²) in [7, 11) is 1.96. The molecule has 1 aliphatic rings. The first-order valence-corrected chi connectivity index (χ1v) is 8.10. The number of hydrogen-bond acceptors (Lipinski definition) is 4. The summed E-state index contributed by atoms with van der Waals surface area (Å²) in [6, 6.07) is 11.1. The van der Waals surface area contributed by atoms with E-state index in [-0.39, 0.29) is 0 Å². The third-order valence-corrected chi connectivity index (χ3v) is 4.56. The SMILES string of the molecule is Cn1cnnc1CCN=C1NC(Cc2ccccc2)CS1. The average molecular weight is 301 g/mol. The van der Waals surface area contributed by atoms with E-state index in [0.717, 1.165) is 36.1 Å². The van der Waals surface area contributed by atoms with Gasteiger partial charge in [0.05, 0.1) is 0 Å². The summed E-state index contributed by atoms with van der Waals surface area (Å²) >= 11 is 1.81. The maximum absolute atomic E-state index is 4.62. The summed E-state index contributed by atoms with van der Waals surface area (Å²) in [4.78, 5) is 4.62. The van der Waals surface area contributed by atoms with Crippen molar-refractivity contribution in [1.82, 2.24) is 20.1 Å². The highest BCUT2D eigenvalue weighted by Gasteiger charge is 2.20. The van der Waals surface area contributed by atoms with Gasteiger partial charge >= 0.3 is 0 Å². The summed E-state index contributed by atoms with van der Waals surface area (Å²) in [5.41, 5.74) is 1.37. The van der Waals surface area contributed by atoms with Crippen molar-refractivity contribution in [3.8, 4) is 0 Å². The van der Waals surface area contributed by atoms with Crippen molar-refractivity contribution in [2.45, 2.75) is 18.9 Å². The summed E-state index contributed by atoms with van der Waals surface area (Å²) in [5, 5.41) is 12.5. The number of aryl methyl sites for hydroxylation is 1. The molecule has 1 atom stereocenters. The van der Waals surface area contributed by atoms with Crippen LogP contribution in [-0.2, 0) is 19.9 Å². The fourth-order valence-corrected chi connectivity index (χ4v) is 3.32. The molecule has 2 heterocycles. The van der Waals surface area contributed by atoms with Crippen LogP contribution in [-0.4, -0.2) is 38.3 Å². The lowest BCUT2D eigenvalue weighted by Gasteiger charge is -2.09. The van der Waals surface area contributed by atoms with Gasteiger partial charge in [-0.3, -0.25) is 4.99 Å². The van der Waals surface area contributed by atoms with E-state index in [1.807, 2.05) is 23.4 Å². The molecule has 0 amide bonds. The number of rotatable bonds is 5. The standard InChI is InChI=1S/C15H19N5S/c1-20-11-17-19-14(20)7-8-16-15-18-13(10-21-15)9-12-5-3-2-4-6-12/h2-6,11,13H,7-10H2,1H3,(H,16,18). The first-order chi connectivity index (χ1) is 10.3. The van der Waals surface area contributed by atoms with E-state index in [9.17, 15) is 0 Å². The maximum Gasteiger partial charge on any atom is 0.156 e. The summed E-state index contributed by atoms with van der Waals surface area (Å²) in [6.45, 7) is 0.750. The molecule has 21 heavy (non-hydrogen) atoms. The third kappa shape index (κ3) is 3.85. The Morgan fingerprint density at radius 1 is 1.38 bits per heavy atom. The summed E-state index contributed by atoms with van der Waals surface area (Å²) in [5.74, 6) is 2.06.